The molecule has 0 radical (unpaired) electrons. The number of hydrogen-bond acceptors (Lipinski definition) is 2. The van der Waals surface area contributed by atoms with E-state index in [9.17, 15) is 4.91 Å². The van der Waals surface area contributed by atoms with E-state index in [-0.39, 0.29) is 0 Å². The standard InChI is InChI=1S/C17H33I2NO/c1-6-7-13(4)17(19-20-21)10-14-8-15(11-18-5)16(9-14)12(2)3/h12-17H,6-11H2,1-5H3/q-2. The summed E-state index contributed by atoms with van der Waals surface area (Å²) in [7, 11) is 0. The predicted molar refractivity (Wildman–Crippen MR) is 83.6 cm³/mol. The van der Waals surface area contributed by atoms with Crippen molar-refractivity contribution in [2.45, 2.75) is 63.7 Å². The van der Waals surface area contributed by atoms with Crippen molar-refractivity contribution in [3.05, 3.63) is 4.91 Å². The molecule has 1 aliphatic rings. The van der Waals surface area contributed by atoms with Crippen LogP contribution in [0.15, 0.2) is 3.39 Å². The van der Waals surface area contributed by atoms with Crippen molar-refractivity contribution in [1.82, 2.24) is 0 Å². The molecule has 4 heteroatoms. The third-order valence-electron chi connectivity index (χ3n) is 5.14. The zero-order valence-electron chi connectivity index (χ0n) is 14.3. The molecule has 5 atom stereocenters. The average Bonchev–Trinajstić information content (AvgIpc) is 2.82. The van der Waals surface area contributed by atoms with E-state index in [4.69, 9.17) is 0 Å². The zero-order chi connectivity index (χ0) is 15.8. The molecule has 0 N–H and O–H groups in total. The first kappa shape index (κ1) is 20.1. The van der Waals surface area contributed by atoms with Gasteiger partial charge in [0.2, 0.25) is 0 Å². The van der Waals surface area contributed by atoms with Crippen LogP contribution in [0.2, 0.25) is 0 Å². The second kappa shape index (κ2) is 10.8. The van der Waals surface area contributed by atoms with Gasteiger partial charge in [-0.3, -0.25) is 0 Å². The minimum absolute atomic E-state index is 0.414. The van der Waals surface area contributed by atoms with Gasteiger partial charge in [0, 0.05) is 0 Å². The van der Waals surface area contributed by atoms with E-state index in [0.29, 0.717) is 31.0 Å². The van der Waals surface area contributed by atoms with E-state index < -0.39 is 21.5 Å². The summed E-state index contributed by atoms with van der Waals surface area (Å²) in [4.78, 5) is 13.3. The summed E-state index contributed by atoms with van der Waals surface area (Å²) < 4.78 is 5.50. The van der Waals surface area contributed by atoms with E-state index in [2.05, 4.69) is 36.0 Å². The Morgan fingerprint density at radius 3 is 2.48 bits per heavy atom. The molecular weight excluding hydrogens is 488 g/mol. The number of nitroso groups, excluding NO2 is 1. The van der Waals surface area contributed by atoms with Crippen molar-refractivity contribution in [3.63, 3.8) is 0 Å². The Balaban J connectivity index is 2.61. The van der Waals surface area contributed by atoms with Gasteiger partial charge < -0.3 is 0 Å². The molecule has 0 amide bonds. The number of hydrogen-bond donors (Lipinski definition) is 0. The molecule has 0 bridgehead atoms. The van der Waals surface area contributed by atoms with Gasteiger partial charge in [0.25, 0.3) is 0 Å². The van der Waals surface area contributed by atoms with Crippen LogP contribution in [0.25, 0.3) is 0 Å². The summed E-state index contributed by atoms with van der Waals surface area (Å²) in [6, 6.07) is 0. The summed E-state index contributed by atoms with van der Waals surface area (Å²) >= 11 is -0.0718. The van der Waals surface area contributed by atoms with Crippen molar-refractivity contribution in [2.24, 2.45) is 33.0 Å². The van der Waals surface area contributed by atoms with Crippen LogP contribution in [-0.2, 0) is 0 Å². The van der Waals surface area contributed by atoms with Crippen molar-refractivity contribution in [2.75, 3.05) is 9.36 Å². The third kappa shape index (κ3) is 6.60. The first-order chi connectivity index (χ1) is 10.0. The molecule has 1 rings (SSSR count). The molecular formula is C17H33I2NO-2. The molecule has 128 valence electrons. The number of halogens is 2. The molecule has 0 aromatic rings. The van der Waals surface area contributed by atoms with Crippen LogP contribution in [0.4, 0.5) is 0 Å². The fourth-order valence-corrected chi connectivity index (χ4v) is 8.33. The molecule has 0 aromatic heterocycles. The fraction of sp³-hybridized carbons (Fsp3) is 1.00. The second-order valence-corrected chi connectivity index (χ2v) is 12.1. The Kier molecular flexibility index (Phi) is 10.3. The molecule has 2 nitrogen and oxygen atoms in total. The van der Waals surface area contributed by atoms with Gasteiger partial charge in [-0.1, -0.05) is 0 Å². The Morgan fingerprint density at radius 2 is 1.95 bits per heavy atom. The van der Waals surface area contributed by atoms with Gasteiger partial charge in [0.15, 0.2) is 0 Å². The predicted octanol–water partition coefficient (Wildman–Crippen LogP) is -1.03. The second-order valence-electron chi connectivity index (χ2n) is 7.11. The first-order valence-corrected chi connectivity index (χ1v) is 14.3. The zero-order valence-corrected chi connectivity index (χ0v) is 18.6. The van der Waals surface area contributed by atoms with Gasteiger partial charge in [-0.15, -0.1) is 0 Å². The van der Waals surface area contributed by atoms with E-state index in [1.165, 1.54) is 36.5 Å². The van der Waals surface area contributed by atoms with Crippen LogP contribution in [0.5, 0.6) is 0 Å². The van der Waals surface area contributed by atoms with Crippen LogP contribution >= 0.6 is 0 Å². The molecule has 1 saturated carbocycles. The van der Waals surface area contributed by atoms with Crippen molar-refractivity contribution < 1.29 is 42.7 Å². The monoisotopic (exact) mass is 521 g/mol. The van der Waals surface area contributed by atoms with Gasteiger partial charge in [-0.25, -0.2) is 0 Å². The van der Waals surface area contributed by atoms with Gasteiger partial charge in [-0.2, -0.15) is 0 Å². The van der Waals surface area contributed by atoms with Crippen molar-refractivity contribution >= 4 is 0 Å². The summed E-state index contributed by atoms with van der Waals surface area (Å²) in [5.41, 5.74) is 0. The summed E-state index contributed by atoms with van der Waals surface area (Å²) in [5.74, 6) is 4.34. The van der Waals surface area contributed by atoms with Crippen molar-refractivity contribution in [1.29, 1.82) is 0 Å². The molecule has 0 aliphatic heterocycles. The molecule has 1 aliphatic carbocycles. The normalized spacial score (nSPS) is 29.1. The van der Waals surface area contributed by atoms with Gasteiger partial charge in [0.05, 0.1) is 0 Å². The van der Waals surface area contributed by atoms with E-state index in [1.807, 2.05) is 0 Å². The van der Waals surface area contributed by atoms with E-state index >= 15 is 0 Å². The van der Waals surface area contributed by atoms with Crippen LogP contribution in [-0.4, -0.2) is 13.3 Å². The average molecular weight is 521 g/mol. The van der Waals surface area contributed by atoms with Gasteiger partial charge in [-0.05, 0) is 0 Å². The van der Waals surface area contributed by atoms with Crippen LogP contribution in [0, 0.1) is 34.5 Å². The molecule has 5 unspecified atom stereocenters. The summed E-state index contributed by atoms with van der Waals surface area (Å²) in [6.07, 6.45) is 6.66. The third-order valence-corrected chi connectivity index (χ3v) is 9.83. The summed E-state index contributed by atoms with van der Waals surface area (Å²) in [5, 5.41) is 0. The van der Waals surface area contributed by atoms with E-state index in [1.54, 1.807) is 0 Å². The van der Waals surface area contributed by atoms with E-state index in [0.717, 1.165) is 23.7 Å². The fourth-order valence-electron chi connectivity index (χ4n) is 4.04. The molecule has 21 heavy (non-hydrogen) atoms. The minimum atomic E-state index is -0.486. The van der Waals surface area contributed by atoms with Gasteiger partial charge >= 0.3 is 154 Å². The van der Waals surface area contributed by atoms with Crippen LogP contribution < -0.4 is 42.7 Å². The topological polar surface area (TPSA) is 29.4 Å². The Morgan fingerprint density at radius 1 is 1.24 bits per heavy atom. The number of alkyl halides is 3. The summed E-state index contributed by atoms with van der Waals surface area (Å²) in [6.45, 7) is 9.42. The van der Waals surface area contributed by atoms with Crippen molar-refractivity contribution in [3.8, 4) is 0 Å². The Labute approximate surface area is 152 Å². The molecule has 0 aromatic carbocycles. The first-order valence-electron chi connectivity index (χ1n) is 8.42. The molecule has 0 heterocycles. The van der Waals surface area contributed by atoms with Gasteiger partial charge in [0.1, 0.15) is 0 Å². The Hall–Kier alpha value is 1.06. The Bertz CT molecular complexity index is 299. The molecule has 1 fully saturated rings. The maximum absolute atomic E-state index is 10.8. The maximum atomic E-state index is 10.8. The van der Waals surface area contributed by atoms with Crippen LogP contribution in [0.3, 0.4) is 0 Å². The molecule has 0 spiro atoms. The number of rotatable bonds is 10. The van der Waals surface area contributed by atoms with Crippen LogP contribution in [0.1, 0.15) is 59.8 Å². The quantitative estimate of drug-likeness (QED) is 0.206. The SMILES string of the molecule is CCCC(C)C(CC1CC(C[I-]C)C(C(C)C)C1)[I-]N=O. The number of nitrogens with zero attached hydrogens (tertiary/aromatic N) is 1. The molecule has 0 saturated heterocycles.